The van der Waals surface area contributed by atoms with Crippen LogP contribution in [0.5, 0.6) is 0 Å². The lowest BCUT2D eigenvalue weighted by Gasteiger charge is -2.06. The zero-order chi connectivity index (χ0) is 12.2. The highest BCUT2D eigenvalue weighted by Crippen LogP contribution is 2.32. The van der Waals surface area contributed by atoms with Crippen molar-refractivity contribution in [1.82, 2.24) is 0 Å². The van der Waals surface area contributed by atoms with Crippen molar-refractivity contribution in [2.75, 3.05) is 0 Å². The van der Waals surface area contributed by atoms with Crippen LogP contribution in [0.3, 0.4) is 0 Å². The molecule has 3 nitrogen and oxygen atoms in total. The van der Waals surface area contributed by atoms with E-state index in [9.17, 15) is 13.3 Å². The molecular weight excluding hydrogens is 237 g/mol. The Labute approximate surface area is 92.3 Å². The Morgan fingerprint density at radius 3 is 2.50 bits per heavy atom. The smallest absolute Gasteiger partial charge is 0.167 e. The molecule has 0 aliphatic rings. The van der Waals surface area contributed by atoms with Crippen LogP contribution in [0.1, 0.15) is 12.5 Å². The van der Waals surface area contributed by atoms with Gasteiger partial charge in [-0.2, -0.15) is 8.78 Å². The van der Waals surface area contributed by atoms with Crippen molar-refractivity contribution in [2.24, 2.45) is 0 Å². The predicted molar refractivity (Wildman–Crippen MR) is 56.0 cm³/mol. The molecule has 1 aromatic carbocycles. The van der Waals surface area contributed by atoms with Gasteiger partial charge in [0.2, 0.25) is 0 Å². The molecule has 1 N–H and O–H groups in total. The maximum atomic E-state index is 13.0. The van der Waals surface area contributed by atoms with Gasteiger partial charge in [0, 0.05) is 10.6 Å². The van der Waals surface area contributed by atoms with Gasteiger partial charge in [0.05, 0.1) is 0 Å². The average Bonchev–Trinajstić information content (AvgIpc) is 2.16. The van der Waals surface area contributed by atoms with Crippen LogP contribution < -0.4 is 0 Å². The highest BCUT2D eigenvalue weighted by molar-refractivity contribution is 7.32. The van der Waals surface area contributed by atoms with Gasteiger partial charge in [-0.05, 0) is 22.6 Å². The molecule has 86 valence electrons. The van der Waals surface area contributed by atoms with E-state index in [-0.39, 0.29) is 5.57 Å². The first kappa shape index (κ1) is 12.9. The van der Waals surface area contributed by atoms with Crippen molar-refractivity contribution in [3.05, 3.63) is 42.0 Å². The summed E-state index contributed by atoms with van der Waals surface area (Å²) in [6, 6.07) is 8.48. The number of halogens is 2. The lowest BCUT2D eigenvalue weighted by Crippen LogP contribution is -2.13. The molecular formula is C10H10F2O3P+. The summed E-state index contributed by atoms with van der Waals surface area (Å²) >= 11 is 0. The predicted octanol–water partition coefficient (Wildman–Crippen LogP) is 3.35. The number of benzene rings is 1. The molecule has 0 radical (unpaired) electrons. The summed E-state index contributed by atoms with van der Waals surface area (Å²) in [5, 5.41) is 0. The zero-order valence-electron chi connectivity index (χ0n) is 8.43. The maximum Gasteiger partial charge on any atom is 0.701 e. The van der Waals surface area contributed by atoms with Gasteiger partial charge in [-0.3, -0.25) is 0 Å². The summed E-state index contributed by atoms with van der Waals surface area (Å²) in [5.41, 5.74) is 0.862. The zero-order valence-corrected chi connectivity index (χ0v) is 9.33. The Hall–Kier alpha value is -1.16. The van der Waals surface area contributed by atoms with Crippen molar-refractivity contribution in [3.8, 4) is 0 Å². The Morgan fingerprint density at radius 2 is 2.00 bits per heavy atom. The minimum absolute atomic E-state index is 0.266. The summed E-state index contributed by atoms with van der Waals surface area (Å²) in [4.78, 5) is 8.25. The van der Waals surface area contributed by atoms with E-state index in [4.69, 9.17) is 4.89 Å². The van der Waals surface area contributed by atoms with Crippen molar-refractivity contribution in [3.63, 3.8) is 0 Å². The molecule has 0 aromatic heterocycles. The Balaban J connectivity index is 2.88. The average molecular weight is 247 g/mol. The number of hydrogen-bond donors (Lipinski definition) is 1. The molecule has 0 spiro atoms. The highest BCUT2D eigenvalue weighted by Gasteiger charge is 2.38. The van der Waals surface area contributed by atoms with Crippen molar-refractivity contribution in [2.45, 2.75) is 13.0 Å². The fourth-order valence-electron chi connectivity index (χ4n) is 1.17. The van der Waals surface area contributed by atoms with Gasteiger partial charge in [-0.1, -0.05) is 30.3 Å². The van der Waals surface area contributed by atoms with Crippen LogP contribution in [0.4, 0.5) is 8.78 Å². The third kappa shape index (κ3) is 4.14. The number of hydrogen-bond acceptors (Lipinski definition) is 2. The van der Waals surface area contributed by atoms with Gasteiger partial charge in [0.15, 0.2) is 0 Å². The molecule has 1 rings (SSSR count). The summed E-state index contributed by atoms with van der Waals surface area (Å²) < 4.78 is 39.7. The Bertz CT molecular complexity index is 404. The molecule has 1 unspecified atom stereocenters. The molecule has 0 fully saturated rings. The number of rotatable bonds is 4. The molecule has 0 amide bonds. The molecule has 1 aromatic rings. The van der Waals surface area contributed by atoms with Gasteiger partial charge >= 0.3 is 14.4 Å². The molecule has 16 heavy (non-hydrogen) atoms. The minimum Gasteiger partial charge on any atom is -0.167 e. The topological polar surface area (TPSA) is 46.5 Å². The largest absolute Gasteiger partial charge is 0.701 e. The first-order valence-corrected chi connectivity index (χ1v) is 5.52. The first-order chi connectivity index (χ1) is 7.41. The normalized spacial score (nSPS) is 13.8. The van der Waals surface area contributed by atoms with E-state index >= 15 is 0 Å². The van der Waals surface area contributed by atoms with Crippen LogP contribution in [0.15, 0.2) is 36.4 Å². The molecule has 0 bridgehead atoms. The second-order valence-electron chi connectivity index (χ2n) is 3.08. The van der Waals surface area contributed by atoms with Crippen LogP contribution in [-0.4, -0.2) is 11.0 Å². The quantitative estimate of drug-likeness (QED) is 0.830. The third-order valence-corrected chi connectivity index (χ3v) is 2.21. The fraction of sp³-hybridized carbons (Fsp3) is 0.200. The SMILES string of the molecule is CC(=CC(F)(F)O[P+](=O)O)c1ccccc1. The van der Waals surface area contributed by atoms with Crippen molar-refractivity contribution < 1.29 is 22.8 Å². The van der Waals surface area contributed by atoms with Gasteiger partial charge in [-0.15, -0.1) is 4.89 Å². The van der Waals surface area contributed by atoms with Crippen LogP contribution >= 0.6 is 8.25 Å². The van der Waals surface area contributed by atoms with Gasteiger partial charge in [-0.25, -0.2) is 0 Å². The lowest BCUT2D eigenvalue weighted by atomic mass is 10.1. The van der Waals surface area contributed by atoms with Crippen molar-refractivity contribution >= 4 is 13.8 Å². The molecule has 0 heterocycles. The van der Waals surface area contributed by atoms with E-state index in [0.29, 0.717) is 11.6 Å². The van der Waals surface area contributed by atoms with E-state index in [2.05, 4.69) is 4.52 Å². The Morgan fingerprint density at radius 1 is 1.44 bits per heavy atom. The minimum atomic E-state index is -3.75. The number of allylic oxidation sites excluding steroid dienone is 1. The van der Waals surface area contributed by atoms with E-state index < -0.39 is 14.4 Å². The monoisotopic (exact) mass is 247 g/mol. The lowest BCUT2D eigenvalue weighted by molar-refractivity contribution is -0.131. The van der Waals surface area contributed by atoms with Crippen molar-refractivity contribution in [1.29, 1.82) is 0 Å². The van der Waals surface area contributed by atoms with E-state index in [1.165, 1.54) is 6.92 Å². The first-order valence-electron chi connectivity index (χ1n) is 4.39. The van der Waals surface area contributed by atoms with Gasteiger partial charge in [0.25, 0.3) is 0 Å². The highest BCUT2D eigenvalue weighted by atomic mass is 31.1. The van der Waals surface area contributed by atoms with E-state index in [1.807, 2.05) is 0 Å². The van der Waals surface area contributed by atoms with Crippen LogP contribution in [0.25, 0.3) is 5.57 Å². The van der Waals surface area contributed by atoms with E-state index in [1.54, 1.807) is 30.3 Å². The molecule has 0 saturated heterocycles. The summed E-state index contributed by atoms with van der Waals surface area (Å²) in [6.07, 6.45) is -3.24. The Kier molecular flexibility index (Phi) is 4.24. The number of alkyl halides is 2. The molecule has 0 aliphatic heterocycles. The molecule has 0 saturated carbocycles. The van der Waals surface area contributed by atoms with Gasteiger partial charge < -0.3 is 0 Å². The fourth-order valence-corrected chi connectivity index (χ4v) is 1.43. The second kappa shape index (κ2) is 5.25. The van der Waals surface area contributed by atoms with Crippen LogP contribution in [-0.2, 0) is 9.09 Å². The van der Waals surface area contributed by atoms with Gasteiger partial charge in [0.1, 0.15) is 0 Å². The summed E-state index contributed by atoms with van der Waals surface area (Å²) in [7, 11) is -3.33. The maximum absolute atomic E-state index is 13.0. The van der Waals surface area contributed by atoms with Crippen LogP contribution in [0.2, 0.25) is 0 Å². The summed E-state index contributed by atoms with van der Waals surface area (Å²) in [6.45, 7) is 1.47. The summed E-state index contributed by atoms with van der Waals surface area (Å²) in [5.74, 6) is 0. The molecule has 0 aliphatic carbocycles. The second-order valence-corrected chi connectivity index (χ2v) is 3.74. The van der Waals surface area contributed by atoms with E-state index in [0.717, 1.165) is 0 Å². The molecule has 6 heteroatoms. The van der Waals surface area contributed by atoms with Crippen LogP contribution in [0, 0.1) is 0 Å². The molecule has 1 atom stereocenters. The standard InChI is InChI=1S/C10H9F2O3P/c1-8(9-5-3-2-4-6-9)7-10(11,12)15-16(13)14/h2-7H,1H3/p+1. The third-order valence-electron chi connectivity index (χ3n) is 1.81.